The van der Waals surface area contributed by atoms with Gasteiger partial charge in [0.05, 0.1) is 0 Å². The highest BCUT2D eigenvalue weighted by Crippen LogP contribution is 2.15. The Morgan fingerprint density at radius 2 is 0.838 bits per heavy atom. The molecule has 0 fully saturated rings. The first kappa shape index (κ1) is 36.6. The predicted octanol–water partition coefficient (Wildman–Crippen LogP) is 11.1. The van der Waals surface area contributed by atoms with Gasteiger partial charge >= 0.3 is 0 Å². The molecule has 0 aromatic heterocycles. The molecule has 0 saturated carbocycles. The molecule has 0 rings (SSSR count). The molecule has 3 nitrogen and oxygen atoms in total. The van der Waals surface area contributed by atoms with E-state index in [1.165, 1.54) is 154 Å². The molecule has 0 atom stereocenters. The largest absolute Gasteiger partial charge is 0.396 e. The lowest BCUT2D eigenvalue weighted by atomic mass is 10.1. The predicted molar refractivity (Wildman–Crippen MR) is 163 cm³/mol. The normalized spacial score (nSPS) is 11.9. The lowest BCUT2D eigenvalue weighted by Crippen LogP contribution is -2.19. The molecule has 0 aliphatic rings. The van der Waals surface area contributed by atoms with E-state index < -0.39 is 0 Å². The van der Waals surface area contributed by atoms with Crippen molar-refractivity contribution in [2.24, 2.45) is 0 Å². The van der Waals surface area contributed by atoms with Gasteiger partial charge in [0.2, 0.25) is 0 Å². The maximum atomic E-state index is 8.77. The third kappa shape index (κ3) is 31.7. The summed E-state index contributed by atoms with van der Waals surface area (Å²) in [5.41, 5.74) is 0. The van der Waals surface area contributed by atoms with Crippen molar-refractivity contribution in [1.29, 1.82) is 0 Å². The highest BCUT2D eigenvalue weighted by atomic mass is 16.7. The maximum absolute atomic E-state index is 8.77. The van der Waals surface area contributed by atoms with Crippen LogP contribution in [0.15, 0.2) is 12.2 Å². The zero-order valence-corrected chi connectivity index (χ0v) is 25.5. The highest BCUT2D eigenvalue weighted by Gasteiger charge is 2.09. The third-order valence-corrected chi connectivity index (χ3v) is 7.38. The minimum atomic E-state index is 0.0200. The number of unbranched alkanes of at least 4 members (excludes halogenated alkanes) is 21. The van der Waals surface area contributed by atoms with Gasteiger partial charge in [0.25, 0.3) is 0 Å². The zero-order chi connectivity index (χ0) is 26.9. The van der Waals surface area contributed by atoms with Gasteiger partial charge in [-0.15, -0.1) is 0 Å². The van der Waals surface area contributed by atoms with Crippen LogP contribution in [0.1, 0.15) is 181 Å². The molecule has 0 unspecified atom stereocenters. The Morgan fingerprint density at radius 3 is 1.30 bits per heavy atom. The first-order valence-electron chi connectivity index (χ1n) is 16.8. The summed E-state index contributed by atoms with van der Waals surface area (Å²) in [4.78, 5) is 0. The fraction of sp³-hybridized carbons (Fsp3) is 0.941. The molecule has 3 heteroatoms. The minimum absolute atomic E-state index is 0.0200. The first-order valence-corrected chi connectivity index (χ1v) is 16.8. The van der Waals surface area contributed by atoms with Gasteiger partial charge in [0.1, 0.15) is 0 Å². The Hall–Kier alpha value is -0.380. The number of aliphatic hydroxyl groups excluding tert-OH is 1. The van der Waals surface area contributed by atoms with Crippen LogP contribution in [-0.2, 0) is 9.47 Å². The molecule has 0 radical (unpaired) electrons. The third-order valence-electron chi connectivity index (χ3n) is 7.38. The summed E-state index contributed by atoms with van der Waals surface area (Å²) >= 11 is 0. The van der Waals surface area contributed by atoms with E-state index >= 15 is 0 Å². The summed E-state index contributed by atoms with van der Waals surface area (Å²) in [5, 5.41) is 8.77. The summed E-state index contributed by atoms with van der Waals surface area (Å²) in [6, 6.07) is 0. The number of rotatable bonds is 32. The Morgan fingerprint density at radius 1 is 0.459 bits per heavy atom. The highest BCUT2D eigenvalue weighted by molar-refractivity contribution is 4.80. The molecule has 0 aliphatic heterocycles. The SMILES string of the molecule is CCCCCCCCCOC(CCCCCCCCCCC/C=C/CCO)OCCCCCCCCC. The van der Waals surface area contributed by atoms with Gasteiger partial charge in [-0.05, 0) is 44.9 Å². The summed E-state index contributed by atoms with van der Waals surface area (Å²) < 4.78 is 12.4. The fourth-order valence-corrected chi connectivity index (χ4v) is 4.88. The number of hydrogen-bond acceptors (Lipinski definition) is 3. The number of ether oxygens (including phenoxy) is 2. The maximum Gasteiger partial charge on any atom is 0.157 e. The second kappa shape index (κ2) is 33.6. The van der Waals surface area contributed by atoms with E-state index in [2.05, 4.69) is 26.0 Å². The van der Waals surface area contributed by atoms with E-state index in [9.17, 15) is 0 Å². The topological polar surface area (TPSA) is 38.7 Å². The molecule has 0 bridgehead atoms. The summed E-state index contributed by atoms with van der Waals surface area (Å²) in [5.74, 6) is 0. The van der Waals surface area contributed by atoms with E-state index in [1.54, 1.807) is 0 Å². The Balaban J connectivity index is 3.81. The van der Waals surface area contributed by atoms with Crippen LogP contribution in [0.3, 0.4) is 0 Å². The average Bonchev–Trinajstić information content (AvgIpc) is 2.91. The molecule has 0 saturated heterocycles. The van der Waals surface area contributed by atoms with Crippen LogP contribution >= 0.6 is 0 Å². The van der Waals surface area contributed by atoms with Crippen molar-refractivity contribution in [2.45, 2.75) is 187 Å². The molecule has 0 aromatic rings. The smallest absolute Gasteiger partial charge is 0.157 e. The quantitative estimate of drug-likeness (QED) is 0.0540. The van der Waals surface area contributed by atoms with Crippen molar-refractivity contribution in [3.63, 3.8) is 0 Å². The average molecular weight is 525 g/mol. The Kier molecular flexibility index (Phi) is 33.3. The summed E-state index contributed by atoms with van der Waals surface area (Å²) in [6.45, 7) is 6.57. The van der Waals surface area contributed by atoms with Gasteiger partial charge in [-0.25, -0.2) is 0 Å². The van der Waals surface area contributed by atoms with Crippen molar-refractivity contribution in [2.75, 3.05) is 19.8 Å². The van der Waals surface area contributed by atoms with Crippen LogP contribution in [-0.4, -0.2) is 31.2 Å². The van der Waals surface area contributed by atoms with Crippen LogP contribution in [0.2, 0.25) is 0 Å². The van der Waals surface area contributed by atoms with Crippen LogP contribution in [0.25, 0.3) is 0 Å². The number of hydrogen-bond donors (Lipinski definition) is 1. The molecule has 0 aliphatic carbocycles. The lowest BCUT2D eigenvalue weighted by molar-refractivity contribution is -0.148. The molecule has 37 heavy (non-hydrogen) atoms. The fourth-order valence-electron chi connectivity index (χ4n) is 4.88. The minimum Gasteiger partial charge on any atom is -0.396 e. The summed E-state index contributed by atoms with van der Waals surface area (Å²) in [6.07, 6.45) is 38.1. The van der Waals surface area contributed by atoms with E-state index in [0.717, 1.165) is 26.1 Å². The molecule has 0 heterocycles. The molecular weight excluding hydrogens is 456 g/mol. The van der Waals surface area contributed by atoms with E-state index in [0.29, 0.717) is 0 Å². The van der Waals surface area contributed by atoms with Crippen LogP contribution in [0.5, 0.6) is 0 Å². The van der Waals surface area contributed by atoms with Crippen LogP contribution < -0.4 is 0 Å². The first-order chi connectivity index (χ1) is 18.3. The van der Waals surface area contributed by atoms with Gasteiger partial charge in [-0.1, -0.05) is 148 Å². The molecular formula is C34H68O3. The van der Waals surface area contributed by atoms with Gasteiger partial charge in [0, 0.05) is 19.8 Å². The second-order valence-electron chi connectivity index (χ2n) is 11.2. The van der Waals surface area contributed by atoms with Crippen LogP contribution in [0, 0.1) is 0 Å². The lowest BCUT2D eigenvalue weighted by Gasteiger charge is -2.19. The monoisotopic (exact) mass is 525 g/mol. The molecule has 1 N–H and O–H groups in total. The molecule has 0 aromatic carbocycles. The van der Waals surface area contributed by atoms with E-state index in [1.807, 2.05) is 0 Å². The van der Waals surface area contributed by atoms with E-state index in [4.69, 9.17) is 14.6 Å². The second-order valence-corrected chi connectivity index (χ2v) is 11.2. The Bertz CT molecular complexity index is 403. The standard InChI is InChI=1S/C34H68O3/c1-3-5-7-9-20-24-28-32-36-34(37-33-29-25-21-10-8-6-4-2)30-26-22-18-16-14-12-11-13-15-17-19-23-27-31-35/h19,23,34-35H,3-18,20-22,24-33H2,1-2H3/b23-19+. The van der Waals surface area contributed by atoms with Crippen molar-refractivity contribution in [1.82, 2.24) is 0 Å². The van der Waals surface area contributed by atoms with Crippen molar-refractivity contribution in [3.8, 4) is 0 Å². The molecule has 0 amide bonds. The van der Waals surface area contributed by atoms with Gasteiger partial charge < -0.3 is 14.6 Å². The number of allylic oxidation sites excluding steroid dienone is 1. The van der Waals surface area contributed by atoms with Crippen molar-refractivity contribution in [3.05, 3.63) is 12.2 Å². The van der Waals surface area contributed by atoms with Crippen molar-refractivity contribution < 1.29 is 14.6 Å². The van der Waals surface area contributed by atoms with Gasteiger partial charge in [-0.2, -0.15) is 0 Å². The summed E-state index contributed by atoms with van der Waals surface area (Å²) in [7, 11) is 0. The molecule has 222 valence electrons. The van der Waals surface area contributed by atoms with Crippen molar-refractivity contribution >= 4 is 0 Å². The van der Waals surface area contributed by atoms with Crippen LogP contribution in [0.4, 0.5) is 0 Å². The molecule has 0 spiro atoms. The zero-order valence-electron chi connectivity index (χ0n) is 25.5. The Labute approximate surface area is 233 Å². The van der Waals surface area contributed by atoms with Gasteiger partial charge in [-0.3, -0.25) is 0 Å². The van der Waals surface area contributed by atoms with Gasteiger partial charge in [0.15, 0.2) is 6.29 Å². The van der Waals surface area contributed by atoms with E-state index in [-0.39, 0.29) is 12.9 Å². The number of aliphatic hydroxyl groups is 1.